The first-order valence-electron chi connectivity index (χ1n) is 5.61. The first-order valence-corrected chi connectivity index (χ1v) is 5.61. The van der Waals surface area contributed by atoms with E-state index in [1.165, 1.54) is 19.3 Å². The average Bonchev–Trinajstić information content (AvgIpc) is 2.03. The Hall–Kier alpha value is -0.0800. The molecule has 2 saturated heterocycles. The zero-order chi connectivity index (χ0) is 9.42. The van der Waals surface area contributed by atoms with Crippen molar-refractivity contribution in [2.24, 2.45) is 0 Å². The SMILES string of the molecule is CCOC1CC2CC(C1)N2C(C)C. The average molecular weight is 183 g/mol. The van der Waals surface area contributed by atoms with Crippen molar-refractivity contribution in [1.29, 1.82) is 0 Å². The van der Waals surface area contributed by atoms with Gasteiger partial charge >= 0.3 is 0 Å². The molecule has 3 rings (SSSR count). The fourth-order valence-electron chi connectivity index (χ4n) is 3.07. The Kier molecular flexibility index (Phi) is 2.61. The Bertz CT molecular complexity index is 169. The van der Waals surface area contributed by atoms with Crippen molar-refractivity contribution < 1.29 is 4.74 Å². The number of fused-ring (bicyclic) bond motifs is 2. The van der Waals surface area contributed by atoms with Crippen molar-refractivity contribution in [3.8, 4) is 0 Å². The Labute approximate surface area is 81.3 Å². The molecular weight excluding hydrogens is 162 g/mol. The quantitative estimate of drug-likeness (QED) is 0.664. The number of nitrogens with zero attached hydrogens (tertiary/aromatic N) is 1. The van der Waals surface area contributed by atoms with E-state index in [0.717, 1.165) is 24.7 Å². The molecule has 0 N–H and O–H groups in total. The first kappa shape index (κ1) is 9.47. The highest BCUT2D eigenvalue weighted by Crippen LogP contribution is 2.40. The van der Waals surface area contributed by atoms with Crippen LogP contribution in [0.3, 0.4) is 0 Å². The van der Waals surface area contributed by atoms with Gasteiger partial charge in [-0.2, -0.15) is 0 Å². The molecule has 2 heterocycles. The van der Waals surface area contributed by atoms with E-state index in [1.807, 2.05) is 0 Å². The van der Waals surface area contributed by atoms with Crippen molar-refractivity contribution in [3.05, 3.63) is 0 Å². The largest absolute Gasteiger partial charge is 0.378 e. The Morgan fingerprint density at radius 1 is 1.23 bits per heavy atom. The van der Waals surface area contributed by atoms with Gasteiger partial charge < -0.3 is 4.74 Å². The molecule has 76 valence electrons. The predicted octanol–water partition coefficient (Wildman–Crippen LogP) is 2.04. The minimum atomic E-state index is 0.559. The van der Waals surface area contributed by atoms with Crippen LogP contribution in [0.15, 0.2) is 0 Å². The van der Waals surface area contributed by atoms with Crippen LogP contribution in [0.5, 0.6) is 0 Å². The van der Waals surface area contributed by atoms with Gasteiger partial charge in [0.15, 0.2) is 0 Å². The third-order valence-corrected chi connectivity index (χ3v) is 3.46. The number of ether oxygens (including phenoxy) is 1. The molecule has 2 unspecified atom stereocenters. The van der Waals surface area contributed by atoms with Gasteiger partial charge in [0.1, 0.15) is 0 Å². The van der Waals surface area contributed by atoms with E-state index >= 15 is 0 Å². The summed E-state index contributed by atoms with van der Waals surface area (Å²) in [6, 6.07) is 2.39. The minimum absolute atomic E-state index is 0.559. The fourth-order valence-corrected chi connectivity index (χ4v) is 3.07. The van der Waals surface area contributed by atoms with Crippen LogP contribution in [0.1, 0.15) is 40.0 Å². The van der Waals surface area contributed by atoms with E-state index in [4.69, 9.17) is 4.74 Å². The molecule has 0 aromatic heterocycles. The van der Waals surface area contributed by atoms with Crippen molar-refractivity contribution in [3.63, 3.8) is 0 Å². The molecule has 2 bridgehead atoms. The number of piperidine rings is 1. The maximum absolute atomic E-state index is 5.69. The maximum atomic E-state index is 5.69. The number of hydrogen-bond donors (Lipinski definition) is 0. The molecule has 0 aromatic rings. The van der Waals surface area contributed by atoms with Gasteiger partial charge in [-0.05, 0) is 40.0 Å². The van der Waals surface area contributed by atoms with Gasteiger partial charge in [0, 0.05) is 24.7 Å². The topological polar surface area (TPSA) is 12.5 Å². The fraction of sp³-hybridized carbons (Fsp3) is 1.00. The Balaban J connectivity index is 1.87. The molecule has 3 fully saturated rings. The zero-order valence-corrected chi connectivity index (χ0v) is 8.99. The summed E-state index contributed by atoms with van der Waals surface area (Å²) in [7, 11) is 0. The van der Waals surface area contributed by atoms with Crippen LogP contribution in [0, 0.1) is 0 Å². The van der Waals surface area contributed by atoms with E-state index in [9.17, 15) is 0 Å². The summed E-state index contributed by atoms with van der Waals surface area (Å²) < 4.78 is 5.69. The lowest BCUT2D eigenvalue weighted by atomic mass is 9.77. The molecule has 2 atom stereocenters. The van der Waals surface area contributed by atoms with Crippen molar-refractivity contribution in [2.45, 2.75) is 64.3 Å². The minimum Gasteiger partial charge on any atom is -0.378 e. The molecule has 2 aliphatic heterocycles. The van der Waals surface area contributed by atoms with Crippen LogP contribution in [0.4, 0.5) is 0 Å². The second-order valence-corrected chi connectivity index (χ2v) is 4.63. The second-order valence-electron chi connectivity index (χ2n) is 4.63. The summed E-state index contributed by atoms with van der Waals surface area (Å²) in [4.78, 5) is 2.66. The molecule has 13 heavy (non-hydrogen) atoms. The van der Waals surface area contributed by atoms with Crippen LogP contribution >= 0.6 is 0 Å². The number of rotatable bonds is 3. The van der Waals surface area contributed by atoms with Gasteiger partial charge in [0.05, 0.1) is 6.10 Å². The summed E-state index contributed by atoms with van der Waals surface area (Å²) in [5.41, 5.74) is 0. The van der Waals surface area contributed by atoms with E-state index in [1.54, 1.807) is 0 Å². The van der Waals surface area contributed by atoms with Crippen molar-refractivity contribution in [2.75, 3.05) is 6.61 Å². The van der Waals surface area contributed by atoms with Crippen LogP contribution in [-0.2, 0) is 4.74 Å². The molecule has 0 spiro atoms. The Morgan fingerprint density at radius 3 is 2.31 bits per heavy atom. The first-order chi connectivity index (χ1) is 6.22. The van der Waals surface area contributed by atoms with E-state index in [2.05, 4.69) is 25.7 Å². The summed E-state index contributed by atoms with van der Waals surface area (Å²) >= 11 is 0. The molecule has 1 aliphatic carbocycles. The third kappa shape index (κ3) is 1.62. The van der Waals surface area contributed by atoms with Gasteiger partial charge in [-0.3, -0.25) is 4.90 Å². The smallest absolute Gasteiger partial charge is 0.0604 e. The van der Waals surface area contributed by atoms with Crippen LogP contribution < -0.4 is 0 Å². The van der Waals surface area contributed by atoms with Gasteiger partial charge in [-0.15, -0.1) is 0 Å². The molecule has 0 radical (unpaired) electrons. The summed E-state index contributed by atoms with van der Waals surface area (Å²) in [5.74, 6) is 0. The van der Waals surface area contributed by atoms with Gasteiger partial charge in [0.2, 0.25) is 0 Å². The van der Waals surface area contributed by atoms with E-state index < -0.39 is 0 Å². The van der Waals surface area contributed by atoms with Crippen molar-refractivity contribution >= 4 is 0 Å². The van der Waals surface area contributed by atoms with Gasteiger partial charge in [-0.1, -0.05) is 0 Å². The van der Waals surface area contributed by atoms with Crippen LogP contribution in [-0.4, -0.2) is 35.7 Å². The lowest BCUT2D eigenvalue weighted by Crippen LogP contribution is -2.64. The predicted molar refractivity (Wildman–Crippen MR) is 53.8 cm³/mol. The molecule has 2 nitrogen and oxygen atoms in total. The molecular formula is C11H21NO. The lowest BCUT2D eigenvalue weighted by Gasteiger charge is -2.57. The van der Waals surface area contributed by atoms with E-state index in [0.29, 0.717) is 6.10 Å². The summed E-state index contributed by atoms with van der Waals surface area (Å²) in [6.07, 6.45) is 4.51. The van der Waals surface area contributed by atoms with E-state index in [-0.39, 0.29) is 0 Å². The van der Waals surface area contributed by atoms with Gasteiger partial charge in [0.25, 0.3) is 0 Å². The number of hydrogen-bond acceptors (Lipinski definition) is 2. The molecule has 0 amide bonds. The summed E-state index contributed by atoms with van der Waals surface area (Å²) in [6.45, 7) is 7.59. The molecule has 3 aliphatic rings. The second kappa shape index (κ2) is 3.58. The lowest BCUT2D eigenvalue weighted by molar-refractivity contribution is -0.116. The maximum Gasteiger partial charge on any atom is 0.0604 e. The monoisotopic (exact) mass is 183 g/mol. The highest BCUT2D eigenvalue weighted by Gasteiger charge is 2.46. The highest BCUT2D eigenvalue weighted by atomic mass is 16.5. The van der Waals surface area contributed by atoms with Gasteiger partial charge in [-0.25, -0.2) is 0 Å². The molecule has 0 aromatic carbocycles. The van der Waals surface area contributed by atoms with Crippen molar-refractivity contribution in [1.82, 2.24) is 4.90 Å². The molecule has 1 saturated carbocycles. The zero-order valence-electron chi connectivity index (χ0n) is 8.99. The third-order valence-electron chi connectivity index (χ3n) is 3.46. The highest BCUT2D eigenvalue weighted by molar-refractivity contribution is 5.01. The van der Waals surface area contributed by atoms with Crippen LogP contribution in [0.2, 0.25) is 0 Å². The Morgan fingerprint density at radius 2 is 1.85 bits per heavy atom. The van der Waals surface area contributed by atoms with Crippen LogP contribution in [0.25, 0.3) is 0 Å². The summed E-state index contributed by atoms with van der Waals surface area (Å²) in [5, 5.41) is 0. The standard InChI is InChI=1S/C11H21NO/c1-4-13-11-6-9-5-10(7-11)12(9)8(2)3/h8-11H,4-7H2,1-3H3. The normalized spacial score (nSPS) is 39.2. The molecule has 2 heteroatoms.